The molecule has 1 aliphatic carbocycles. The molecule has 1 heteroatoms. The van der Waals surface area contributed by atoms with Gasteiger partial charge >= 0.3 is 0 Å². The van der Waals surface area contributed by atoms with Gasteiger partial charge in [-0.3, -0.25) is 0 Å². The van der Waals surface area contributed by atoms with Crippen LogP contribution in [0.3, 0.4) is 0 Å². The van der Waals surface area contributed by atoms with E-state index in [1.54, 1.807) is 0 Å². The van der Waals surface area contributed by atoms with Crippen LogP contribution in [0.4, 0.5) is 0 Å². The predicted octanol–water partition coefficient (Wildman–Crippen LogP) is 9.40. The molecule has 0 atom stereocenters. The fourth-order valence-electron chi connectivity index (χ4n) is 6.56. The van der Waals surface area contributed by atoms with E-state index in [4.69, 9.17) is 0 Å². The molecule has 6 aromatic carbocycles. The average molecular weight is 460 g/mol. The highest BCUT2D eigenvalue weighted by atomic mass is 15.0. The van der Waals surface area contributed by atoms with Crippen LogP contribution >= 0.6 is 0 Å². The molecular weight excluding hydrogens is 434 g/mol. The summed E-state index contributed by atoms with van der Waals surface area (Å²) in [5.74, 6) is 0. The van der Waals surface area contributed by atoms with Crippen molar-refractivity contribution in [3.63, 3.8) is 0 Å². The van der Waals surface area contributed by atoms with Gasteiger partial charge in [-0.25, -0.2) is 0 Å². The fraction of sp³-hybridized carbons (Fsp3) is 0.0857. The molecule has 0 amide bonds. The fourth-order valence-corrected chi connectivity index (χ4v) is 6.56. The number of nitrogens with zero attached hydrogens (tertiary/aromatic N) is 1. The van der Waals surface area contributed by atoms with Crippen LogP contribution < -0.4 is 0 Å². The molecule has 1 aliphatic rings. The van der Waals surface area contributed by atoms with Crippen LogP contribution in [-0.4, -0.2) is 4.57 Å². The summed E-state index contributed by atoms with van der Waals surface area (Å²) in [5.41, 5.74) is 9.29. The van der Waals surface area contributed by atoms with Gasteiger partial charge < -0.3 is 4.57 Å². The molecule has 0 saturated carbocycles. The van der Waals surface area contributed by atoms with Gasteiger partial charge in [0.15, 0.2) is 0 Å². The van der Waals surface area contributed by atoms with Crippen molar-refractivity contribution in [3.05, 3.63) is 126 Å². The summed E-state index contributed by atoms with van der Waals surface area (Å²) in [4.78, 5) is 0. The van der Waals surface area contributed by atoms with Crippen molar-refractivity contribution < 1.29 is 0 Å². The molecule has 0 N–H and O–H groups in total. The minimum absolute atomic E-state index is 0.0257. The van der Waals surface area contributed by atoms with E-state index < -0.39 is 0 Å². The average Bonchev–Trinajstić information content (AvgIpc) is 3.37. The maximum absolute atomic E-state index is 2.48. The molecule has 8 rings (SSSR count). The molecule has 0 spiro atoms. The number of fused-ring (bicyclic) bond motifs is 9. The second kappa shape index (κ2) is 6.86. The van der Waals surface area contributed by atoms with Crippen molar-refractivity contribution in [1.29, 1.82) is 0 Å². The Balaban J connectivity index is 1.53. The van der Waals surface area contributed by atoms with Crippen LogP contribution in [0.1, 0.15) is 25.0 Å². The van der Waals surface area contributed by atoms with E-state index in [2.05, 4.69) is 134 Å². The quantitative estimate of drug-likeness (QED) is 0.230. The van der Waals surface area contributed by atoms with Crippen LogP contribution in [0.5, 0.6) is 0 Å². The minimum atomic E-state index is -0.0257. The zero-order valence-electron chi connectivity index (χ0n) is 20.4. The zero-order valence-corrected chi connectivity index (χ0v) is 20.4. The van der Waals surface area contributed by atoms with Crippen molar-refractivity contribution >= 4 is 43.4 Å². The van der Waals surface area contributed by atoms with E-state index in [1.165, 1.54) is 71.3 Å². The molecular formula is C35H25N. The number of benzene rings is 6. The molecule has 1 nitrogen and oxygen atoms in total. The second-order valence-electron chi connectivity index (χ2n) is 10.6. The summed E-state index contributed by atoms with van der Waals surface area (Å²) in [6.45, 7) is 4.73. The van der Waals surface area contributed by atoms with E-state index in [0.29, 0.717) is 0 Å². The number of aromatic nitrogens is 1. The summed E-state index contributed by atoms with van der Waals surface area (Å²) >= 11 is 0. The van der Waals surface area contributed by atoms with E-state index in [9.17, 15) is 0 Å². The molecule has 0 fully saturated rings. The Morgan fingerprint density at radius 1 is 0.500 bits per heavy atom. The largest absolute Gasteiger partial charge is 0.309 e. The SMILES string of the molecule is CC1(C)c2ccccc2-c2cc3ccc4c5ccccc5n(-c5ccc6ccccc6c5)c4c3cc21. The van der Waals surface area contributed by atoms with Crippen molar-refractivity contribution in [2.75, 3.05) is 0 Å². The van der Waals surface area contributed by atoms with Crippen LogP contribution in [0, 0.1) is 0 Å². The first kappa shape index (κ1) is 19.9. The Kier molecular flexibility index (Phi) is 3.79. The lowest BCUT2D eigenvalue weighted by Crippen LogP contribution is -2.14. The highest BCUT2D eigenvalue weighted by Crippen LogP contribution is 2.50. The van der Waals surface area contributed by atoms with Gasteiger partial charge in [0.05, 0.1) is 11.0 Å². The molecule has 1 aromatic heterocycles. The van der Waals surface area contributed by atoms with Gasteiger partial charge in [-0.2, -0.15) is 0 Å². The molecule has 170 valence electrons. The summed E-state index contributed by atoms with van der Waals surface area (Å²) in [5, 5.41) is 7.74. The van der Waals surface area contributed by atoms with Crippen molar-refractivity contribution in [3.8, 4) is 16.8 Å². The Bertz CT molecular complexity index is 2020. The normalized spacial score (nSPS) is 14.1. The monoisotopic (exact) mass is 459 g/mol. The lowest BCUT2D eigenvalue weighted by atomic mass is 9.82. The molecule has 0 radical (unpaired) electrons. The van der Waals surface area contributed by atoms with Gasteiger partial charge in [0, 0.05) is 27.3 Å². The summed E-state index contributed by atoms with van der Waals surface area (Å²) < 4.78 is 2.47. The molecule has 1 heterocycles. The number of hydrogen-bond acceptors (Lipinski definition) is 0. The Morgan fingerprint density at radius 2 is 1.25 bits per heavy atom. The lowest BCUT2D eigenvalue weighted by molar-refractivity contribution is 0.661. The Labute approximate surface area is 210 Å². The molecule has 7 aromatic rings. The minimum Gasteiger partial charge on any atom is -0.309 e. The smallest absolute Gasteiger partial charge is 0.0619 e. The van der Waals surface area contributed by atoms with E-state index in [0.717, 1.165) is 0 Å². The third-order valence-electron chi connectivity index (χ3n) is 8.34. The van der Waals surface area contributed by atoms with Crippen molar-refractivity contribution in [1.82, 2.24) is 4.57 Å². The topological polar surface area (TPSA) is 4.93 Å². The predicted molar refractivity (Wildman–Crippen MR) is 153 cm³/mol. The van der Waals surface area contributed by atoms with Gasteiger partial charge in [-0.05, 0) is 68.7 Å². The van der Waals surface area contributed by atoms with Gasteiger partial charge in [-0.15, -0.1) is 0 Å². The van der Waals surface area contributed by atoms with Crippen molar-refractivity contribution in [2.45, 2.75) is 19.3 Å². The number of hydrogen-bond donors (Lipinski definition) is 0. The highest BCUT2D eigenvalue weighted by Gasteiger charge is 2.35. The summed E-state index contributed by atoms with van der Waals surface area (Å²) in [6.07, 6.45) is 0. The van der Waals surface area contributed by atoms with E-state index in [-0.39, 0.29) is 5.41 Å². The van der Waals surface area contributed by atoms with Crippen LogP contribution in [0.15, 0.2) is 115 Å². The van der Waals surface area contributed by atoms with E-state index in [1.807, 2.05) is 0 Å². The number of para-hydroxylation sites is 1. The van der Waals surface area contributed by atoms with Gasteiger partial charge in [0.1, 0.15) is 0 Å². The van der Waals surface area contributed by atoms with Crippen LogP contribution in [0.25, 0.3) is 60.2 Å². The first-order chi connectivity index (χ1) is 17.6. The molecule has 0 saturated heterocycles. The third-order valence-corrected chi connectivity index (χ3v) is 8.34. The van der Waals surface area contributed by atoms with E-state index >= 15 is 0 Å². The van der Waals surface area contributed by atoms with Crippen molar-refractivity contribution in [2.24, 2.45) is 0 Å². The van der Waals surface area contributed by atoms with Gasteiger partial charge in [0.25, 0.3) is 0 Å². The maximum atomic E-state index is 2.48. The first-order valence-corrected chi connectivity index (χ1v) is 12.7. The third kappa shape index (κ3) is 2.50. The van der Waals surface area contributed by atoms with Crippen LogP contribution in [-0.2, 0) is 5.41 Å². The second-order valence-corrected chi connectivity index (χ2v) is 10.6. The Morgan fingerprint density at radius 3 is 2.17 bits per heavy atom. The first-order valence-electron chi connectivity index (χ1n) is 12.7. The lowest BCUT2D eigenvalue weighted by Gasteiger charge is -2.22. The maximum Gasteiger partial charge on any atom is 0.0619 e. The van der Waals surface area contributed by atoms with Gasteiger partial charge in [0.2, 0.25) is 0 Å². The molecule has 0 aliphatic heterocycles. The van der Waals surface area contributed by atoms with Gasteiger partial charge in [-0.1, -0.05) is 98.8 Å². The Hall–Kier alpha value is -4.36. The summed E-state index contributed by atoms with van der Waals surface area (Å²) in [6, 6.07) is 42.7. The summed E-state index contributed by atoms with van der Waals surface area (Å²) in [7, 11) is 0. The standard InChI is InChI=1S/C35H25N/c1-35(2)31-13-7-5-11-26(31)30-20-24-16-18-28-27-12-6-8-14-33(27)36(34(28)29(24)21-32(30)35)25-17-15-22-9-3-4-10-23(22)19-25/h3-21H,1-2H3. The zero-order chi connectivity index (χ0) is 24.0. The molecule has 0 bridgehead atoms. The highest BCUT2D eigenvalue weighted by molar-refractivity contribution is 6.19. The number of rotatable bonds is 1. The molecule has 0 unspecified atom stereocenters. The van der Waals surface area contributed by atoms with Crippen LogP contribution in [0.2, 0.25) is 0 Å². The molecule has 36 heavy (non-hydrogen) atoms.